The predicted molar refractivity (Wildman–Crippen MR) is 57.5 cm³/mol. The monoisotopic (exact) mass is 205 g/mol. The molecule has 0 radical (unpaired) electrons. The third-order valence-corrected chi connectivity index (χ3v) is 3.76. The quantitative estimate of drug-likeness (QED) is 0.817. The number of thiazole rings is 1. The van der Waals surface area contributed by atoms with Crippen LogP contribution in [-0.2, 0) is 6.61 Å². The summed E-state index contributed by atoms with van der Waals surface area (Å²) in [5.74, 6) is 0.727. The maximum atomic E-state index is 9.01. The lowest BCUT2D eigenvalue weighted by molar-refractivity contribution is 0.282. The molecule has 0 bridgehead atoms. The number of rotatable bonds is 2. The van der Waals surface area contributed by atoms with Crippen LogP contribution >= 0.6 is 11.3 Å². The molecule has 0 saturated heterocycles. The molecule has 1 N–H and O–H groups in total. The van der Waals surface area contributed by atoms with Crippen LogP contribution in [0.25, 0.3) is 10.2 Å². The molecule has 0 unspecified atom stereocenters. The lowest BCUT2D eigenvalue weighted by atomic mass is 10.2. The molecule has 1 aromatic heterocycles. The molecule has 2 aromatic rings. The number of aliphatic hydroxyl groups excluding tert-OH is 1. The zero-order valence-corrected chi connectivity index (χ0v) is 8.55. The molecular weight excluding hydrogens is 194 g/mol. The second-order valence-corrected chi connectivity index (χ2v) is 4.85. The Morgan fingerprint density at radius 2 is 2.29 bits per heavy atom. The summed E-state index contributed by atoms with van der Waals surface area (Å²) in [7, 11) is 0. The number of fused-ring (bicyclic) bond motifs is 1. The van der Waals surface area contributed by atoms with Crippen molar-refractivity contribution in [3.63, 3.8) is 0 Å². The predicted octanol–water partition coefficient (Wildman–Crippen LogP) is 2.67. The van der Waals surface area contributed by atoms with E-state index >= 15 is 0 Å². The Kier molecular flexibility index (Phi) is 1.82. The summed E-state index contributed by atoms with van der Waals surface area (Å²) in [4.78, 5) is 4.59. The molecule has 1 heterocycles. The van der Waals surface area contributed by atoms with Gasteiger partial charge in [0.05, 0.1) is 21.8 Å². The van der Waals surface area contributed by atoms with Crippen molar-refractivity contribution in [2.45, 2.75) is 25.4 Å². The van der Waals surface area contributed by atoms with E-state index in [1.807, 2.05) is 18.2 Å². The van der Waals surface area contributed by atoms with E-state index in [0.29, 0.717) is 0 Å². The fourth-order valence-electron chi connectivity index (χ4n) is 1.59. The molecule has 1 aliphatic rings. The summed E-state index contributed by atoms with van der Waals surface area (Å²) in [5, 5.41) is 10.3. The largest absolute Gasteiger partial charge is 0.392 e. The van der Waals surface area contributed by atoms with E-state index < -0.39 is 0 Å². The third-order valence-electron chi connectivity index (χ3n) is 2.58. The first-order valence-corrected chi connectivity index (χ1v) is 5.68. The summed E-state index contributed by atoms with van der Waals surface area (Å²) < 4.78 is 1.21. The molecule has 14 heavy (non-hydrogen) atoms. The van der Waals surface area contributed by atoms with Gasteiger partial charge >= 0.3 is 0 Å². The molecule has 3 heteroatoms. The lowest BCUT2D eigenvalue weighted by Gasteiger charge is -1.92. The van der Waals surface area contributed by atoms with Crippen LogP contribution in [0.1, 0.15) is 29.3 Å². The number of benzene rings is 1. The number of nitrogens with zero attached hydrogens (tertiary/aromatic N) is 1. The normalized spacial score (nSPS) is 16.4. The smallest absolute Gasteiger partial charge is 0.0969 e. The molecule has 1 aromatic carbocycles. The van der Waals surface area contributed by atoms with Crippen molar-refractivity contribution < 1.29 is 5.11 Å². The molecule has 0 atom stereocenters. The van der Waals surface area contributed by atoms with E-state index in [2.05, 4.69) is 4.98 Å². The zero-order chi connectivity index (χ0) is 9.54. The second-order valence-electron chi connectivity index (χ2n) is 3.79. The van der Waals surface area contributed by atoms with Gasteiger partial charge in [-0.3, -0.25) is 0 Å². The highest BCUT2D eigenvalue weighted by atomic mass is 32.1. The standard InChI is InChI=1S/C11H11NOS/c13-6-7-1-4-9-10(5-7)14-11(12-9)8-2-3-8/h1,4-5,8,13H,2-3,6H2. The van der Waals surface area contributed by atoms with Gasteiger partial charge in [-0.25, -0.2) is 4.98 Å². The van der Waals surface area contributed by atoms with Crippen molar-refractivity contribution in [3.8, 4) is 0 Å². The summed E-state index contributed by atoms with van der Waals surface area (Å²) in [5.41, 5.74) is 2.05. The number of hydrogen-bond acceptors (Lipinski definition) is 3. The summed E-state index contributed by atoms with van der Waals surface area (Å²) in [6, 6.07) is 5.99. The van der Waals surface area contributed by atoms with Crippen molar-refractivity contribution in [2.75, 3.05) is 0 Å². The van der Waals surface area contributed by atoms with Crippen LogP contribution in [0.15, 0.2) is 18.2 Å². The Balaban J connectivity index is 2.12. The molecule has 0 spiro atoms. The molecule has 72 valence electrons. The first kappa shape index (κ1) is 8.38. The Morgan fingerprint density at radius 1 is 1.43 bits per heavy atom. The van der Waals surface area contributed by atoms with E-state index in [0.717, 1.165) is 17.0 Å². The highest BCUT2D eigenvalue weighted by Gasteiger charge is 2.26. The van der Waals surface area contributed by atoms with Crippen LogP contribution in [0.4, 0.5) is 0 Å². The van der Waals surface area contributed by atoms with Crippen LogP contribution in [0, 0.1) is 0 Å². The van der Waals surface area contributed by atoms with Crippen molar-refractivity contribution in [1.82, 2.24) is 4.98 Å². The molecule has 3 rings (SSSR count). The zero-order valence-electron chi connectivity index (χ0n) is 7.73. The second kappa shape index (κ2) is 3.04. The van der Waals surface area contributed by atoms with Crippen LogP contribution in [-0.4, -0.2) is 10.1 Å². The van der Waals surface area contributed by atoms with Crippen LogP contribution in [0.3, 0.4) is 0 Å². The van der Waals surface area contributed by atoms with Crippen molar-refractivity contribution in [1.29, 1.82) is 0 Å². The molecule has 0 aliphatic heterocycles. The summed E-state index contributed by atoms with van der Waals surface area (Å²) >= 11 is 1.78. The van der Waals surface area contributed by atoms with Gasteiger partial charge in [-0.2, -0.15) is 0 Å². The van der Waals surface area contributed by atoms with Crippen molar-refractivity contribution >= 4 is 21.6 Å². The highest BCUT2D eigenvalue weighted by Crippen LogP contribution is 2.43. The van der Waals surface area contributed by atoms with Gasteiger partial charge in [0.2, 0.25) is 0 Å². The fourth-order valence-corrected chi connectivity index (χ4v) is 2.79. The Bertz CT molecular complexity index is 473. The minimum absolute atomic E-state index is 0.118. The first-order chi connectivity index (χ1) is 6.86. The molecule has 1 fully saturated rings. The SMILES string of the molecule is OCc1ccc2nc(C3CC3)sc2c1. The number of aliphatic hydroxyl groups is 1. The molecule has 1 aliphatic carbocycles. The Labute approximate surface area is 86.2 Å². The Morgan fingerprint density at radius 3 is 3.00 bits per heavy atom. The molecule has 2 nitrogen and oxygen atoms in total. The highest BCUT2D eigenvalue weighted by molar-refractivity contribution is 7.18. The maximum Gasteiger partial charge on any atom is 0.0969 e. The van der Waals surface area contributed by atoms with Gasteiger partial charge in [-0.05, 0) is 30.5 Å². The van der Waals surface area contributed by atoms with E-state index in [1.54, 1.807) is 11.3 Å². The third kappa shape index (κ3) is 1.33. The van der Waals surface area contributed by atoms with Crippen molar-refractivity contribution in [2.24, 2.45) is 0 Å². The summed E-state index contributed by atoms with van der Waals surface area (Å²) in [6.45, 7) is 0.118. The van der Waals surface area contributed by atoms with Gasteiger partial charge in [0.15, 0.2) is 0 Å². The first-order valence-electron chi connectivity index (χ1n) is 4.87. The fraction of sp³-hybridized carbons (Fsp3) is 0.364. The van der Waals surface area contributed by atoms with E-state index in [4.69, 9.17) is 5.11 Å². The molecular formula is C11H11NOS. The van der Waals surface area contributed by atoms with E-state index in [9.17, 15) is 0 Å². The minimum Gasteiger partial charge on any atom is -0.392 e. The van der Waals surface area contributed by atoms with E-state index in [-0.39, 0.29) is 6.61 Å². The van der Waals surface area contributed by atoms with Crippen LogP contribution in [0.2, 0.25) is 0 Å². The average Bonchev–Trinajstić information content (AvgIpc) is 2.97. The van der Waals surface area contributed by atoms with Gasteiger partial charge in [0.25, 0.3) is 0 Å². The maximum absolute atomic E-state index is 9.01. The number of aromatic nitrogens is 1. The van der Waals surface area contributed by atoms with Crippen LogP contribution in [0.5, 0.6) is 0 Å². The molecule has 0 amide bonds. The number of hydrogen-bond donors (Lipinski definition) is 1. The Hall–Kier alpha value is -0.930. The minimum atomic E-state index is 0.118. The van der Waals surface area contributed by atoms with Gasteiger partial charge in [0, 0.05) is 5.92 Å². The van der Waals surface area contributed by atoms with Gasteiger partial charge < -0.3 is 5.11 Å². The average molecular weight is 205 g/mol. The molecule has 1 saturated carbocycles. The van der Waals surface area contributed by atoms with Gasteiger partial charge in [-0.15, -0.1) is 11.3 Å². The summed E-state index contributed by atoms with van der Waals surface area (Å²) in [6.07, 6.45) is 2.60. The van der Waals surface area contributed by atoms with Crippen molar-refractivity contribution in [3.05, 3.63) is 28.8 Å². The van der Waals surface area contributed by atoms with Crippen LogP contribution < -0.4 is 0 Å². The van der Waals surface area contributed by atoms with Gasteiger partial charge in [-0.1, -0.05) is 6.07 Å². The van der Waals surface area contributed by atoms with Gasteiger partial charge in [0.1, 0.15) is 0 Å². The van der Waals surface area contributed by atoms with E-state index in [1.165, 1.54) is 22.5 Å². The topological polar surface area (TPSA) is 33.1 Å². The lowest BCUT2D eigenvalue weighted by Crippen LogP contribution is -1.80.